The van der Waals surface area contributed by atoms with E-state index in [0.717, 1.165) is 5.56 Å². The van der Waals surface area contributed by atoms with Gasteiger partial charge in [0.25, 0.3) is 0 Å². The van der Waals surface area contributed by atoms with Crippen LogP contribution in [-0.2, 0) is 11.3 Å². The van der Waals surface area contributed by atoms with E-state index in [4.69, 9.17) is 5.53 Å². The highest BCUT2D eigenvalue weighted by atomic mass is 16.2. The second-order valence-electron chi connectivity index (χ2n) is 5.91. The molecular weight excluding hydrogens is 240 g/mol. The Morgan fingerprint density at radius 1 is 1.32 bits per heavy atom. The number of carbonyl (C=O) groups is 1. The van der Waals surface area contributed by atoms with Crippen LogP contribution in [0.25, 0.3) is 10.4 Å². The Hall–Kier alpha value is -2.00. The molecule has 2 atom stereocenters. The van der Waals surface area contributed by atoms with Crippen LogP contribution in [0.1, 0.15) is 26.3 Å². The molecule has 0 unspecified atom stereocenters. The molecule has 0 saturated carbocycles. The summed E-state index contributed by atoms with van der Waals surface area (Å²) in [5, 5.41) is 3.64. The van der Waals surface area contributed by atoms with Crippen molar-refractivity contribution in [3.63, 3.8) is 0 Å². The lowest BCUT2D eigenvalue weighted by atomic mass is 9.75. The minimum absolute atomic E-state index is 0.0453. The number of hydrogen-bond donors (Lipinski definition) is 0. The van der Waals surface area contributed by atoms with Gasteiger partial charge in [-0.15, -0.1) is 0 Å². The van der Waals surface area contributed by atoms with E-state index >= 15 is 0 Å². The molecule has 1 heterocycles. The number of nitrogens with zero attached hydrogens (tertiary/aromatic N) is 4. The van der Waals surface area contributed by atoms with E-state index in [2.05, 4.69) is 30.8 Å². The summed E-state index contributed by atoms with van der Waals surface area (Å²) in [5.74, 6) is -0.0819. The molecule has 5 nitrogen and oxygen atoms in total. The van der Waals surface area contributed by atoms with Gasteiger partial charge in [0.2, 0.25) is 5.91 Å². The molecule has 100 valence electrons. The first-order valence-electron chi connectivity index (χ1n) is 6.34. The van der Waals surface area contributed by atoms with Gasteiger partial charge in [0.15, 0.2) is 0 Å². The minimum atomic E-state index is -0.561. The van der Waals surface area contributed by atoms with Crippen LogP contribution >= 0.6 is 0 Å². The van der Waals surface area contributed by atoms with E-state index in [-0.39, 0.29) is 17.4 Å². The molecule has 0 aliphatic carbocycles. The maximum Gasteiger partial charge on any atom is 0.234 e. The topological polar surface area (TPSA) is 69.1 Å². The molecule has 1 aliphatic heterocycles. The summed E-state index contributed by atoms with van der Waals surface area (Å²) in [6.07, 6.45) is 0. The predicted octanol–water partition coefficient (Wildman–Crippen LogP) is 3.12. The summed E-state index contributed by atoms with van der Waals surface area (Å²) in [6, 6.07) is 9.24. The third-order valence-corrected chi connectivity index (χ3v) is 3.43. The van der Waals surface area contributed by atoms with Crippen molar-refractivity contribution >= 4 is 5.91 Å². The van der Waals surface area contributed by atoms with Crippen molar-refractivity contribution in [1.82, 2.24) is 4.90 Å². The van der Waals surface area contributed by atoms with Crippen LogP contribution in [0.15, 0.2) is 35.4 Å². The van der Waals surface area contributed by atoms with Gasteiger partial charge in [-0.1, -0.05) is 56.2 Å². The Kier molecular flexibility index (Phi) is 3.49. The van der Waals surface area contributed by atoms with Gasteiger partial charge in [0, 0.05) is 11.5 Å². The lowest BCUT2D eigenvalue weighted by molar-refractivity contribution is -0.156. The Balaban J connectivity index is 2.20. The lowest BCUT2D eigenvalue weighted by Crippen LogP contribution is -2.67. The van der Waals surface area contributed by atoms with Gasteiger partial charge in [-0.25, -0.2) is 0 Å². The Labute approximate surface area is 112 Å². The number of likely N-dealkylation sites (tertiary alicyclic amines) is 1. The first-order valence-corrected chi connectivity index (χ1v) is 6.34. The quantitative estimate of drug-likeness (QED) is 0.355. The van der Waals surface area contributed by atoms with Gasteiger partial charge in [-0.3, -0.25) is 4.79 Å². The molecule has 1 aromatic rings. The van der Waals surface area contributed by atoms with Crippen molar-refractivity contribution in [2.45, 2.75) is 39.4 Å². The molecule has 1 aliphatic rings. The van der Waals surface area contributed by atoms with Crippen LogP contribution < -0.4 is 0 Å². The van der Waals surface area contributed by atoms with Crippen LogP contribution in [0.2, 0.25) is 0 Å². The van der Waals surface area contributed by atoms with Gasteiger partial charge < -0.3 is 4.90 Å². The fourth-order valence-electron chi connectivity index (χ4n) is 2.60. The highest BCUT2D eigenvalue weighted by molar-refractivity contribution is 5.89. The second kappa shape index (κ2) is 4.94. The SMILES string of the molecule is CC(C)(C)[C@@H]1[C@@H](N=[N+]=[N-])C(=O)N1Cc1ccccc1. The predicted molar refractivity (Wildman–Crippen MR) is 73.2 cm³/mol. The number of benzene rings is 1. The third-order valence-electron chi connectivity index (χ3n) is 3.43. The third kappa shape index (κ3) is 2.56. The van der Waals surface area contributed by atoms with Crippen LogP contribution in [-0.4, -0.2) is 22.9 Å². The van der Waals surface area contributed by atoms with Gasteiger partial charge in [-0.05, 0) is 16.5 Å². The minimum Gasteiger partial charge on any atom is -0.333 e. The van der Waals surface area contributed by atoms with Gasteiger partial charge in [0.05, 0.1) is 6.04 Å². The summed E-state index contributed by atoms with van der Waals surface area (Å²) in [7, 11) is 0. The molecule has 1 fully saturated rings. The zero-order valence-electron chi connectivity index (χ0n) is 11.4. The summed E-state index contributed by atoms with van der Waals surface area (Å²) in [4.78, 5) is 16.7. The summed E-state index contributed by atoms with van der Waals surface area (Å²) in [5.41, 5.74) is 9.54. The molecule has 2 rings (SSSR count). The van der Waals surface area contributed by atoms with Crippen LogP contribution in [0.5, 0.6) is 0 Å². The molecular formula is C14H18N4O. The smallest absolute Gasteiger partial charge is 0.234 e. The van der Waals surface area contributed by atoms with Crippen molar-refractivity contribution in [2.75, 3.05) is 0 Å². The largest absolute Gasteiger partial charge is 0.333 e. The Morgan fingerprint density at radius 3 is 2.47 bits per heavy atom. The Bertz CT molecular complexity index is 514. The average molecular weight is 258 g/mol. The standard InChI is InChI=1S/C14H18N4O/c1-14(2,3)12-11(16-17-15)13(19)18(12)9-10-7-5-4-6-8-10/h4-8,11-12H,9H2,1-3H3/t11-,12+/m1/s1. The summed E-state index contributed by atoms with van der Waals surface area (Å²) in [6.45, 7) is 6.74. The second-order valence-corrected chi connectivity index (χ2v) is 5.91. The zero-order valence-corrected chi connectivity index (χ0v) is 11.4. The van der Waals surface area contributed by atoms with Crippen molar-refractivity contribution in [2.24, 2.45) is 10.5 Å². The van der Waals surface area contributed by atoms with E-state index in [1.54, 1.807) is 4.90 Å². The number of β-lactam (4-membered cyclic amide) rings is 1. The highest BCUT2D eigenvalue weighted by Gasteiger charge is 2.51. The van der Waals surface area contributed by atoms with Crippen molar-refractivity contribution < 1.29 is 4.79 Å². The first-order chi connectivity index (χ1) is 8.95. The Morgan fingerprint density at radius 2 is 1.95 bits per heavy atom. The molecule has 0 N–H and O–H groups in total. The zero-order chi connectivity index (χ0) is 14.0. The molecule has 0 bridgehead atoms. The number of rotatable bonds is 3. The van der Waals surface area contributed by atoms with Gasteiger partial charge >= 0.3 is 0 Å². The molecule has 0 spiro atoms. The summed E-state index contributed by atoms with van der Waals surface area (Å²) < 4.78 is 0. The lowest BCUT2D eigenvalue weighted by Gasteiger charge is -2.51. The van der Waals surface area contributed by atoms with Gasteiger partial charge in [-0.2, -0.15) is 0 Å². The monoisotopic (exact) mass is 258 g/mol. The highest BCUT2D eigenvalue weighted by Crippen LogP contribution is 2.37. The fourth-order valence-corrected chi connectivity index (χ4v) is 2.60. The van der Waals surface area contributed by atoms with Crippen LogP contribution in [0.4, 0.5) is 0 Å². The van der Waals surface area contributed by atoms with Gasteiger partial charge in [0.1, 0.15) is 6.04 Å². The van der Waals surface area contributed by atoms with E-state index in [1.165, 1.54) is 0 Å². The van der Waals surface area contributed by atoms with Crippen molar-refractivity contribution in [1.29, 1.82) is 0 Å². The number of amides is 1. The fraction of sp³-hybridized carbons (Fsp3) is 0.500. The maximum atomic E-state index is 12.1. The molecule has 19 heavy (non-hydrogen) atoms. The molecule has 5 heteroatoms. The average Bonchev–Trinajstić information content (AvgIpc) is 2.36. The number of hydrogen-bond acceptors (Lipinski definition) is 2. The van der Waals surface area contributed by atoms with E-state index in [9.17, 15) is 4.79 Å². The van der Waals surface area contributed by atoms with Crippen molar-refractivity contribution in [3.05, 3.63) is 46.3 Å². The molecule has 1 saturated heterocycles. The summed E-state index contributed by atoms with van der Waals surface area (Å²) >= 11 is 0. The molecule has 0 radical (unpaired) electrons. The molecule has 1 amide bonds. The normalized spacial score (nSPS) is 22.7. The van der Waals surface area contributed by atoms with E-state index in [0.29, 0.717) is 6.54 Å². The van der Waals surface area contributed by atoms with Crippen molar-refractivity contribution in [3.8, 4) is 0 Å². The maximum absolute atomic E-state index is 12.1. The van der Waals surface area contributed by atoms with Crippen LogP contribution in [0.3, 0.4) is 0 Å². The number of azide groups is 1. The molecule has 0 aromatic heterocycles. The first kappa shape index (κ1) is 13.4. The van der Waals surface area contributed by atoms with E-state index in [1.807, 2.05) is 30.3 Å². The van der Waals surface area contributed by atoms with E-state index < -0.39 is 6.04 Å². The number of carbonyl (C=O) groups excluding carboxylic acids is 1. The molecule has 1 aromatic carbocycles. The van der Waals surface area contributed by atoms with Crippen LogP contribution in [0, 0.1) is 5.41 Å².